The van der Waals surface area contributed by atoms with E-state index in [1.54, 1.807) is 6.92 Å². The minimum absolute atomic E-state index is 0.0799. The highest BCUT2D eigenvalue weighted by atomic mass is 35.5. The zero-order valence-corrected chi connectivity index (χ0v) is 35.1. The molecule has 16 nitrogen and oxygen atoms in total. The second kappa shape index (κ2) is 15.5. The van der Waals surface area contributed by atoms with Gasteiger partial charge in [-0.1, -0.05) is 11.6 Å². The van der Waals surface area contributed by atoms with E-state index in [0.717, 1.165) is 54.6 Å². The van der Waals surface area contributed by atoms with Gasteiger partial charge >= 0.3 is 6.18 Å². The molecule has 3 N–H and O–H groups in total. The third kappa shape index (κ3) is 7.55. The SMILES string of the molecule is Cc1ncnc(C(=O)N2CC[C@]3(O[C@H](C)c4c3c(=O)n3nc(-c5ccc(N6CCC(N7CC(C)(O)C7)CC6)cc5)nc3n4CC(=O)Nc3ccc(C(F)(F)F)cc3Cl)C(F)C2)c1O. The molecule has 3 atom stereocenters. The molecule has 3 aromatic heterocycles. The number of aromatic hydroxyl groups is 1. The van der Waals surface area contributed by atoms with Gasteiger partial charge in [-0.3, -0.25) is 19.3 Å². The monoisotopic (exact) mass is 894 g/mol. The van der Waals surface area contributed by atoms with Crippen LogP contribution in [0.15, 0.2) is 53.6 Å². The van der Waals surface area contributed by atoms with Crippen LogP contribution in [-0.2, 0) is 27.9 Å². The fourth-order valence-electron chi connectivity index (χ4n) is 9.39. The largest absolute Gasteiger partial charge is 0.504 e. The maximum atomic E-state index is 16.9. The van der Waals surface area contributed by atoms with Crippen molar-refractivity contribution in [2.45, 2.75) is 82.3 Å². The van der Waals surface area contributed by atoms with Crippen molar-refractivity contribution in [3.8, 4) is 17.1 Å². The number of amides is 2. The lowest BCUT2D eigenvalue weighted by atomic mass is 9.83. The Morgan fingerprint density at radius 3 is 2.43 bits per heavy atom. The third-order valence-electron chi connectivity index (χ3n) is 12.5. The molecule has 0 bridgehead atoms. The number of likely N-dealkylation sites (tertiary alicyclic amines) is 2. The maximum absolute atomic E-state index is 16.9. The fourth-order valence-corrected chi connectivity index (χ4v) is 9.62. The maximum Gasteiger partial charge on any atom is 0.416 e. The van der Waals surface area contributed by atoms with E-state index in [0.29, 0.717) is 30.8 Å². The summed E-state index contributed by atoms with van der Waals surface area (Å²) in [4.78, 5) is 60.2. The number of rotatable bonds is 7. The average Bonchev–Trinajstić information content (AvgIpc) is 3.81. The summed E-state index contributed by atoms with van der Waals surface area (Å²) in [6.07, 6.45) is -4.84. The number of fused-ring (bicyclic) bond motifs is 3. The predicted octanol–water partition coefficient (Wildman–Crippen LogP) is 4.88. The number of hydrogen-bond donors (Lipinski definition) is 3. The van der Waals surface area contributed by atoms with Crippen LogP contribution in [0.1, 0.15) is 72.2 Å². The Bertz CT molecular complexity index is 2700. The van der Waals surface area contributed by atoms with Crippen molar-refractivity contribution in [1.82, 2.24) is 38.9 Å². The molecule has 3 saturated heterocycles. The Balaban J connectivity index is 1.05. The summed E-state index contributed by atoms with van der Waals surface area (Å²) in [5.74, 6) is -1.89. The van der Waals surface area contributed by atoms with E-state index in [-0.39, 0.29) is 57.9 Å². The van der Waals surface area contributed by atoms with Crippen LogP contribution in [0.25, 0.3) is 17.2 Å². The van der Waals surface area contributed by atoms with Crippen molar-refractivity contribution in [3.63, 3.8) is 0 Å². The molecule has 2 amide bonds. The topological polar surface area (TPSA) is 184 Å². The molecule has 5 aromatic rings. The van der Waals surface area contributed by atoms with E-state index in [1.807, 2.05) is 31.2 Å². The summed E-state index contributed by atoms with van der Waals surface area (Å²) in [5, 5.41) is 27.4. The number of piperidine rings is 2. The molecule has 2 aromatic carbocycles. The number of carbonyl (C=O) groups is 2. The summed E-state index contributed by atoms with van der Waals surface area (Å²) in [6.45, 7) is 6.70. The van der Waals surface area contributed by atoms with Gasteiger partial charge in [0.1, 0.15) is 18.5 Å². The second-order valence-electron chi connectivity index (χ2n) is 17.0. The van der Waals surface area contributed by atoms with E-state index < -0.39 is 71.4 Å². The van der Waals surface area contributed by atoms with Gasteiger partial charge in [-0.25, -0.2) is 14.4 Å². The number of nitrogens with one attached hydrogen (secondary N) is 1. The van der Waals surface area contributed by atoms with Crippen LogP contribution in [0.5, 0.6) is 5.75 Å². The molecule has 0 saturated carbocycles. The minimum Gasteiger partial charge on any atom is -0.504 e. The first-order chi connectivity index (χ1) is 29.8. The van der Waals surface area contributed by atoms with Crippen LogP contribution < -0.4 is 15.8 Å². The number of aromatic nitrogens is 6. The molecule has 3 fully saturated rings. The number of alkyl halides is 4. The lowest BCUT2D eigenvalue weighted by Gasteiger charge is -2.50. The number of benzene rings is 2. The fraction of sp³-hybridized carbons (Fsp3) is 0.452. The lowest BCUT2D eigenvalue weighted by molar-refractivity contribution is -0.143. The van der Waals surface area contributed by atoms with E-state index in [1.165, 1.54) is 16.4 Å². The number of halogens is 5. The lowest BCUT2D eigenvalue weighted by Crippen LogP contribution is -2.64. The first-order valence-corrected chi connectivity index (χ1v) is 20.9. The average molecular weight is 895 g/mol. The molecule has 0 aliphatic carbocycles. The molecule has 63 heavy (non-hydrogen) atoms. The number of aryl methyl sites for hydroxylation is 1. The van der Waals surface area contributed by atoms with Crippen LogP contribution in [0.4, 0.5) is 28.9 Å². The Morgan fingerprint density at radius 1 is 1.06 bits per heavy atom. The van der Waals surface area contributed by atoms with Crippen LogP contribution in [-0.4, -0.2) is 118 Å². The van der Waals surface area contributed by atoms with Gasteiger partial charge in [-0.15, -0.1) is 5.10 Å². The Labute approximate surface area is 362 Å². The quantitative estimate of drug-likeness (QED) is 0.189. The summed E-state index contributed by atoms with van der Waals surface area (Å²) >= 11 is 6.17. The standard InChI is InChI=1S/C42H43ClF4N10O6/c1-22-35(59)33(49-21-48-22)38(61)54-15-12-41(30(44)17-54)32-34(23(2)63-41)56(18-31(58)50-29-9-6-25(16-28(29)43)42(45,46)47)39-51-36(52-57(39)37(32)60)24-4-7-26(8-5-24)53-13-10-27(11-14-53)55-19-40(3,62)20-55/h4-9,16,21,23,27,30,59,62H,10-15,17-20H2,1-3H3,(H,50,58)/t23-,30?,41+/m1/s1. The minimum atomic E-state index is -4.67. The van der Waals surface area contributed by atoms with E-state index in [2.05, 4.69) is 30.2 Å². The van der Waals surface area contributed by atoms with E-state index >= 15 is 4.39 Å². The van der Waals surface area contributed by atoms with Gasteiger partial charge in [0.2, 0.25) is 11.7 Å². The number of hydrogen-bond acceptors (Lipinski definition) is 12. The van der Waals surface area contributed by atoms with E-state index in [9.17, 15) is 37.8 Å². The van der Waals surface area contributed by atoms with Crippen LogP contribution in [0.2, 0.25) is 5.02 Å². The Hall–Kier alpha value is -5.70. The molecule has 4 aliphatic rings. The smallest absolute Gasteiger partial charge is 0.416 e. The molecule has 4 aliphatic heterocycles. The third-order valence-corrected chi connectivity index (χ3v) is 12.9. The number of aliphatic hydroxyl groups is 1. The highest BCUT2D eigenvalue weighted by Gasteiger charge is 2.57. The summed E-state index contributed by atoms with van der Waals surface area (Å²) in [7, 11) is 0. The van der Waals surface area contributed by atoms with Crippen molar-refractivity contribution in [1.29, 1.82) is 0 Å². The van der Waals surface area contributed by atoms with Gasteiger partial charge in [-0.2, -0.15) is 22.7 Å². The molecular formula is C42H43ClF4N10O6. The van der Waals surface area contributed by atoms with E-state index in [4.69, 9.17) is 21.3 Å². The van der Waals surface area contributed by atoms with Crippen LogP contribution in [0, 0.1) is 6.92 Å². The normalized spacial score (nSPS) is 22.7. The first kappa shape index (κ1) is 42.6. The van der Waals surface area contributed by atoms with Crippen molar-refractivity contribution in [3.05, 3.63) is 92.4 Å². The van der Waals surface area contributed by atoms with Crippen molar-refractivity contribution < 1.29 is 42.1 Å². The van der Waals surface area contributed by atoms with Gasteiger partial charge in [-0.05, 0) is 76.1 Å². The molecule has 7 heterocycles. The van der Waals surface area contributed by atoms with Crippen LogP contribution in [0.3, 0.4) is 0 Å². The van der Waals surface area contributed by atoms with Gasteiger partial charge < -0.3 is 34.6 Å². The number of ether oxygens (including phenoxy) is 1. The number of anilines is 2. The molecule has 1 unspecified atom stereocenters. The summed E-state index contributed by atoms with van der Waals surface area (Å²) in [6, 6.07) is 10.4. The van der Waals surface area contributed by atoms with Gasteiger partial charge in [0.05, 0.1) is 51.5 Å². The van der Waals surface area contributed by atoms with Crippen molar-refractivity contribution in [2.24, 2.45) is 0 Å². The Morgan fingerprint density at radius 2 is 1.78 bits per heavy atom. The highest BCUT2D eigenvalue weighted by Crippen LogP contribution is 2.49. The van der Waals surface area contributed by atoms with Gasteiger partial charge in [0.15, 0.2) is 23.4 Å². The molecule has 0 radical (unpaired) electrons. The molecule has 21 heteroatoms. The zero-order valence-electron chi connectivity index (χ0n) is 34.4. The van der Waals surface area contributed by atoms with Crippen molar-refractivity contribution >= 4 is 40.6 Å². The predicted molar refractivity (Wildman–Crippen MR) is 220 cm³/mol. The summed E-state index contributed by atoms with van der Waals surface area (Å²) in [5.41, 5.74) is -3.00. The molecular weight excluding hydrogens is 852 g/mol. The molecule has 9 rings (SSSR count). The van der Waals surface area contributed by atoms with Crippen LogP contribution >= 0.6 is 11.6 Å². The highest BCUT2D eigenvalue weighted by molar-refractivity contribution is 6.33. The van der Waals surface area contributed by atoms with Gasteiger partial charge in [0, 0.05) is 56.4 Å². The number of carbonyl (C=O) groups excluding carboxylic acids is 2. The molecule has 1 spiro atoms. The number of β-amino-alcohol motifs (C(OH)–C–C–N with tert-alkyl or cyclic N) is 1. The summed E-state index contributed by atoms with van der Waals surface area (Å²) < 4.78 is 65.7. The molecule has 332 valence electrons. The Kier molecular flexibility index (Phi) is 10.5. The number of nitrogens with zero attached hydrogens (tertiary/aromatic N) is 9. The van der Waals surface area contributed by atoms with Crippen molar-refractivity contribution in [2.75, 3.05) is 49.5 Å². The van der Waals surface area contributed by atoms with Gasteiger partial charge in [0.25, 0.3) is 11.5 Å². The second-order valence-corrected chi connectivity index (χ2v) is 17.4. The first-order valence-electron chi connectivity index (χ1n) is 20.5. The zero-order chi connectivity index (χ0) is 44.7.